The molecule has 6 nitrogen and oxygen atoms in total. The molecule has 1 fully saturated rings. The minimum absolute atomic E-state index is 0.0408. The number of rotatable bonds is 2. The monoisotopic (exact) mass is 482 g/mol. The lowest BCUT2D eigenvalue weighted by atomic mass is 10.2. The highest BCUT2D eigenvalue weighted by Crippen LogP contribution is 2.24. The minimum atomic E-state index is -0.0408. The van der Waals surface area contributed by atoms with Gasteiger partial charge in [-0.1, -0.05) is 11.6 Å². The Morgan fingerprint density at radius 3 is 2.65 bits per heavy atom. The number of carbonyl (C=O) groups excluding carboxylic acids is 1. The number of piperazine rings is 1. The van der Waals surface area contributed by atoms with Crippen molar-refractivity contribution in [2.45, 2.75) is 6.92 Å². The highest BCUT2D eigenvalue weighted by Gasteiger charge is 2.26. The molecule has 1 aliphatic rings. The van der Waals surface area contributed by atoms with E-state index in [-0.39, 0.29) is 5.91 Å². The molecular weight excluding hydrogens is 467 g/mol. The predicted octanol–water partition coefficient (Wildman–Crippen LogP) is 3.75. The van der Waals surface area contributed by atoms with Gasteiger partial charge < -0.3 is 14.2 Å². The number of nitrogens with zero attached hydrogens (tertiary/aromatic N) is 4. The molecule has 0 saturated carbocycles. The molecule has 0 unspecified atom stereocenters. The van der Waals surface area contributed by atoms with E-state index in [0.29, 0.717) is 54.0 Å². The van der Waals surface area contributed by atoms with Gasteiger partial charge in [-0.15, -0.1) is 0 Å². The van der Waals surface area contributed by atoms with Crippen LogP contribution in [0.1, 0.15) is 16.1 Å². The Hall–Kier alpha value is -1.87. The van der Waals surface area contributed by atoms with E-state index in [2.05, 4.69) is 32.6 Å². The Morgan fingerprint density at radius 2 is 1.92 bits per heavy atom. The van der Waals surface area contributed by atoms with E-state index in [9.17, 15) is 4.79 Å². The van der Waals surface area contributed by atoms with Crippen molar-refractivity contribution < 1.29 is 9.21 Å². The van der Waals surface area contributed by atoms with Crippen LogP contribution in [0, 0.1) is 10.5 Å². The summed E-state index contributed by atoms with van der Waals surface area (Å²) in [6.07, 6.45) is 0. The van der Waals surface area contributed by atoms with E-state index >= 15 is 0 Å². The second-order valence-electron chi connectivity index (χ2n) is 6.17. The molecule has 2 aromatic heterocycles. The molecule has 0 bridgehead atoms. The molecule has 0 aliphatic carbocycles. The molecule has 0 N–H and O–H groups in total. The number of fused-ring (bicyclic) bond motifs is 1. The Bertz CT molecular complexity index is 982. The molecule has 1 amide bonds. The molecule has 1 aromatic carbocycles. The van der Waals surface area contributed by atoms with Gasteiger partial charge in [-0.05, 0) is 59.8 Å². The fraction of sp³-hybridized carbons (Fsp3) is 0.278. The summed E-state index contributed by atoms with van der Waals surface area (Å²) in [5.41, 5.74) is 2.74. The van der Waals surface area contributed by atoms with Gasteiger partial charge in [-0.25, -0.2) is 4.98 Å². The first-order valence-corrected chi connectivity index (χ1v) is 9.70. The van der Waals surface area contributed by atoms with Crippen molar-refractivity contribution in [1.82, 2.24) is 14.9 Å². The predicted molar refractivity (Wildman–Crippen MR) is 109 cm³/mol. The summed E-state index contributed by atoms with van der Waals surface area (Å²) in [6, 6.07) is 9.82. The number of carbonyl (C=O) groups is 1. The minimum Gasteiger partial charge on any atom is -0.422 e. The van der Waals surface area contributed by atoms with Crippen molar-refractivity contribution in [3.05, 3.63) is 50.2 Å². The Balaban J connectivity index is 1.47. The summed E-state index contributed by atoms with van der Waals surface area (Å²) in [7, 11) is 0. The van der Waals surface area contributed by atoms with Gasteiger partial charge in [0, 0.05) is 35.4 Å². The number of aromatic nitrogens is 2. The topological polar surface area (TPSA) is 62.5 Å². The number of hydrogen-bond acceptors (Lipinski definition) is 5. The molecule has 0 radical (unpaired) electrons. The first-order chi connectivity index (χ1) is 12.5. The number of halogens is 2. The van der Waals surface area contributed by atoms with Gasteiger partial charge in [0.1, 0.15) is 0 Å². The number of oxazole rings is 1. The maximum Gasteiger partial charge on any atom is 0.300 e. The normalized spacial score (nSPS) is 14.9. The van der Waals surface area contributed by atoms with E-state index in [0.717, 1.165) is 9.26 Å². The number of aryl methyl sites for hydroxylation is 1. The van der Waals surface area contributed by atoms with E-state index < -0.39 is 0 Å². The van der Waals surface area contributed by atoms with Gasteiger partial charge in [0.05, 0.1) is 10.6 Å². The Kier molecular flexibility index (Phi) is 4.74. The summed E-state index contributed by atoms with van der Waals surface area (Å²) < 4.78 is 6.81. The second kappa shape index (κ2) is 7.03. The second-order valence-corrected chi connectivity index (χ2v) is 7.83. The van der Waals surface area contributed by atoms with Gasteiger partial charge in [0.15, 0.2) is 5.58 Å². The molecule has 3 heterocycles. The number of anilines is 1. The molecule has 0 atom stereocenters. The Morgan fingerprint density at radius 1 is 1.15 bits per heavy atom. The summed E-state index contributed by atoms with van der Waals surface area (Å²) in [6.45, 7) is 4.41. The van der Waals surface area contributed by atoms with E-state index in [1.807, 2.05) is 34.9 Å². The molecule has 1 saturated heterocycles. The van der Waals surface area contributed by atoms with Crippen molar-refractivity contribution in [2.24, 2.45) is 0 Å². The zero-order valence-corrected chi connectivity index (χ0v) is 17.0. The molecule has 8 heteroatoms. The van der Waals surface area contributed by atoms with Crippen LogP contribution in [0.25, 0.3) is 11.2 Å². The zero-order valence-electron chi connectivity index (χ0n) is 14.1. The number of benzene rings is 1. The van der Waals surface area contributed by atoms with Crippen LogP contribution in [0.15, 0.2) is 34.7 Å². The van der Waals surface area contributed by atoms with Crippen molar-refractivity contribution in [2.75, 3.05) is 31.1 Å². The van der Waals surface area contributed by atoms with E-state index in [4.69, 9.17) is 16.0 Å². The third kappa shape index (κ3) is 3.37. The highest BCUT2D eigenvalue weighted by atomic mass is 127. The van der Waals surface area contributed by atoms with E-state index in [1.54, 1.807) is 12.1 Å². The summed E-state index contributed by atoms with van der Waals surface area (Å²) in [5, 5.41) is 0.490. The van der Waals surface area contributed by atoms with Crippen LogP contribution in [0.4, 0.5) is 6.01 Å². The number of amides is 1. The SMILES string of the molecule is Cc1ccc2oc(N3CCN(C(=O)c4ccc(I)cc4Cl)CC3)nc2n1. The largest absolute Gasteiger partial charge is 0.422 e. The first kappa shape index (κ1) is 17.5. The fourth-order valence-corrected chi connectivity index (χ4v) is 3.91. The lowest BCUT2D eigenvalue weighted by molar-refractivity contribution is 0.0745. The fourth-order valence-electron chi connectivity index (χ4n) is 2.97. The van der Waals surface area contributed by atoms with Crippen molar-refractivity contribution in [3.63, 3.8) is 0 Å². The van der Waals surface area contributed by atoms with Gasteiger partial charge in [-0.2, -0.15) is 4.98 Å². The summed E-state index contributed by atoms with van der Waals surface area (Å²) in [5.74, 6) is -0.0408. The van der Waals surface area contributed by atoms with Gasteiger partial charge >= 0.3 is 0 Å². The number of hydrogen-bond donors (Lipinski definition) is 0. The summed E-state index contributed by atoms with van der Waals surface area (Å²) in [4.78, 5) is 25.4. The van der Waals surface area contributed by atoms with Crippen LogP contribution in [0.2, 0.25) is 5.02 Å². The van der Waals surface area contributed by atoms with Crippen LogP contribution < -0.4 is 4.90 Å². The van der Waals surface area contributed by atoms with Crippen LogP contribution in [-0.2, 0) is 0 Å². The third-order valence-electron chi connectivity index (χ3n) is 4.38. The van der Waals surface area contributed by atoms with Crippen LogP contribution >= 0.6 is 34.2 Å². The third-order valence-corrected chi connectivity index (χ3v) is 5.36. The van der Waals surface area contributed by atoms with Gasteiger partial charge in [-0.3, -0.25) is 4.79 Å². The van der Waals surface area contributed by atoms with E-state index in [1.165, 1.54) is 0 Å². The first-order valence-electron chi connectivity index (χ1n) is 8.25. The molecule has 134 valence electrons. The van der Waals surface area contributed by atoms with Gasteiger partial charge in [0.2, 0.25) is 5.65 Å². The average molecular weight is 483 g/mol. The lowest BCUT2D eigenvalue weighted by Gasteiger charge is -2.34. The Labute approximate surface area is 169 Å². The quantitative estimate of drug-likeness (QED) is 0.521. The average Bonchev–Trinajstić information content (AvgIpc) is 3.04. The highest BCUT2D eigenvalue weighted by molar-refractivity contribution is 14.1. The molecule has 26 heavy (non-hydrogen) atoms. The zero-order chi connectivity index (χ0) is 18.3. The van der Waals surface area contributed by atoms with Crippen molar-refractivity contribution in [3.8, 4) is 0 Å². The van der Waals surface area contributed by atoms with Crippen molar-refractivity contribution in [1.29, 1.82) is 0 Å². The maximum atomic E-state index is 12.7. The molecule has 0 spiro atoms. The molecular formula is C18H16ClIN4O2. The summed E-state index contributed by atoms with van der Waals surface area (Å²) >= 11 is 8.41. The van der Waals surface area contributed by atoms with Crippen LogP contribution in [0.5, 0.6) is 0 Å². The van der Waals surface area contributed by atoms with Crippen LogP contribution in [0.3, 0.4) is 0 Å². The molecule has 4 rings (SSSR count). The lowest BCUT2D eigenvalue weighted by Crippen LogP contribution is -2.49. The molecule has 1 aliphatic heterocycles. The van der Waals surface area contributed by atoms with Gasteiger partial charge in [0.25, 0.3) is 11.9 Å². The maximum absolute atomic E-state index is 12.7. The smallest absolute Gasteiger partial charge is 0.300 e. The standard InChI is InChI=1S/C18H16ClIN4O2/c1-11-2-5-15-16(21-11)22-18(26-15)24-8-6-23(7-9-24)17(25)13-4-3-12(20)10-14(13)19/h2-5,10H,6-9H2,1H3. The number of pyridine rings is 1. The van der Waals surface area contributed by atoms with Crippen molar-refractivity contribution >= 4 is 57.3 Å². The molecule has 3 aromatic rings. The van der Waals surface area contributed by atoms with Crippen LogP contribution in [-0.4, -0.2) is 47.0 Å².